The van der Waals surface area contributed by atoms with Gasteiger partial charge in [0.05, 0.1) is 11.6 Å². The molecule has 6 heteroatoms. The summed E-state index contributed by atoms with van der Waals surface area (Å²) in [5.74, 6) is 0.566. The lowest BCUT2D eigenvalue weighted by Crippen LogP contribution is -2.11. The zero-order chi connectivity index (χ0) is 21.5. The molecule has 0 saturated heterocycles. The molecular weight excluding hydrogens is 400 g/mol. The molecule has 2 heterocycles. The fraction of sp³-hybridized carbons (Fsp3) is 0.250. The average Bonchev–Trinajstić information content (AvgIpc) is 3.12. The van der Waals surface area contributed by atoms with Crippen molar-refractivity contribution in [3.05, 3.63) is 81.2 Å². The van der Waals surface area contributed by atoms with Gasteiger partial charge in [0, 0.05) is 29.4 Å². The lowest BCUT2D eigenvalue weighted by atomic mass is 9.86. The van der Waals surface area contributed by atoms with E-state index in [0.717, 1.165) is 11.1 Å². The van der Waals surface area contributed by atoms with Crippen molar-refractivity contribution in [3.8, 4) is 17.1 Å². The first-order chi connectivity index (χ1) is 14.2. The van der Waals surface area contributed by atoms with Crippen LogP contribution in [-0.2, 0) is 19.1 Å². The molecule has 0 fully saturated rings. The Hall–Kier alpha value is -3.05. The minimum atomic E-state index is -0.252. The monoisotopic (exact) mass is 422 g/mol. The van der Waals surface area contributed by atoms with E-state index in [0.29, 0.717) is 21.8 Å². The predicted octanol–water partition coefficient (Wildman–Crippen LogP) is 5.72. The van der Waals surface area contributed by atoms with E-state index in [1.165, 1.54) is 5.56 Å². The van der Waals surface area contributed by atoms with E-state index in [9.17, 15) is 4.79 Å². The number of fused-ring (bicyclic) bond motifs is 1. The second-order valence-corrected chi connectivity index (χ2v) is 8.80. The molecule has 0 aliphatic heterocycles. The van der Waals surface area contributed by atoms with E-state index < -0.39 is 0 Å². The summed E-state index contributed by atoms with van der Waals surface area (Å²) in [4.78, 5) is 13.3. The number of ether oxygens (including phenoxy) is 1. The SMILES string of the molecule is Cn1cc(COc2c(-c3ccc(C(C)(C)C)cc3)oc3ccc(Cl)cc3c2=O)cn1. The van der Waals surface area contributed by atoms with Crippen LogP contribution in [0.15, 0.2) is 64.1 Å². The third-order valence-corrected chi connectivity index (χ3v) is 5.20. The van der Waals surface area contributed by atoms with E-state index >= 15 is 0 Å². The zero-order valence-electron chi connectivity index (χ0n) is 17.4. The standard InChI is InChI=1S/C24H23ClN2O3/c1-24(2,3)17-7-5-16(6-8-17)22-23(29-14-15-12-26-27(4)13-15)21(28)19-11-18(25)9-10-20(19)30-22/h5-13H,14H2,1-4H3. The van der Waals surface area contributed by atoms with Crippen LogP contribution in [0.25, 0.3) is 22.3 Å². The van der Waals surface area contributed by atoms with Gasteiger partial charge in [0.2, 0.25) is 11.2 Å². The third kappa shape index (κ3) is 3.98. The second kappa shape index (κ2) is 7.65. The fourth-order valence-corrected chi connectivity index (χ4v) is 3.47. The molecule has 154 valence electrons. The molecule has 0 unspecified atom stereocenters. The molecule has 0 aliphatic carbocycles. The van der Waals surface area contributed by atoms with Crippen molar-refractivity contribution >= 4 is 22.6 Å². The number of halogens is 1. The van der Waals surface area contributed by atoms with Crippen LogP contribution in [0.5, 0.6) is 5.75 Å². The summed E-state index contributed by atoms with van der Waals surface area (Å²) in [5.41, 5.74) is 3.07. The van der Waals surface area contributed by atoms with Crippen LogP contribution in [-0.4, -0.2) is 9.78 Å². The summed E-state index contributed by atoms with van der Waals surface area (Å²) in [6.45, 7) is 6.68. The lowest BCUT2D eigenvalue weighted by Gasteiger charge is -2.19. The second-order valence-electron chi connectivity index (χ2n) is 8.37. The highest BCUT2D eigenvalue weighted by Gasteiger charge is 2.20. The minimum absolute atomic E-state index is 0.0269. The molecule has 30 heavy (non-hydrogen) atoms. The largest absolute Gasteiger partial charge is 0.481 e. The maximum atomic E-state index is 13.3. The zero-order valence-corrected chi connectivity index (χ0v) is 18.2. The average molecular weight is 423 g/mol. The smallest absolute Gasteiger partial charge is 0.235 e. The molecule has 0 aliphatic rings. The van der Waals surface area contributed by atoms with E-state index in [4.69, 9.17) is 20.8 Å². The number of hydrogen-bond acceptors (Lipinski definition) is 4. The van der Waals surface area contributed by atoms with Gasteiger partial charge in [-0.15, -0.1) is 0 Å². The fourth-order valence-electron chi connectivity index (χ4n) is 3.30. The minimum Gasteiger partial charge on any atom is -0.481 e. The molecule has 0 bridgehead atoms. The third-order valence-electron chi connectivity index (χ3n) is 4.97. The van der Waals surface area contributed by atoms with E-state index in [-0.39, 0.29) is 23.2 Å². The van der Waals surface area contributed by atoms with Crippen molar-refractivity contribution in [2.75, 3.05) is 0 Å². The Morgan fingerprint density at radius 3 is 2.50 bits per heavy atom. The Morgan fingerprint density at radius 1 is 1.13 bits per heavy atom. The quantitative estimate of drug-likeness (QED) is 0.421. The van der Waals surface area contributed by atoms with Crippen LogP contribution in [0, 0.1) is 0 Å². The van der Waals surface area contributed by atoms with Crippen LogP contribution in [0.4, 0.5) is 0 Å². The van der Waals surface area contributed by atoms with E-state index in [2.05, 4.69) is 25.9 Å². The molecule has 0 N–H and O–H groups in total. The highest BCUT2D eigenvalue weighted by Crippen LogP contribution is 2.33. The van der Waals surface area contributed by atoms with Crippen molar-refractivity contribution < 1.29 is 9.15 Å². The Morgan fingerprint density at radius 2 is 1.87 bits per heavy atom. The molecule has 2 aromatic heterocycles. The molecule has 0 saturated carbocycles. The molecule has 0 spiro atoms. The van der Waals surface area contributed by atoms with Crippen molar-refractivity contribution in [3.63, 3.8) is 0 Å². The van der Waals surface area contributed by atoms with Crippen molar-refractivity contribution in [1.82, 2.24) is 9.78 Å². The van der Waals surface area contributed by atoms with Crippen LogP contribution in [0.1, 0.15) is 31.9 Å². The van der Waals surface area contributed by atoms with Gasteiger partial charge in [-0.05, 0) is 29.2 Å². The first-order valence-electron chi connectivity index (χ1n) is 9.70. The first-order valence-corrected chi connectivity index (χ1v) is 10.1. The van der Waals surface area contributed by atoms with Crippen LogP contribution in [0.2, 0.25) is 5.02 Å². The molecular formula is C24H23ClN2O3. The summed E-state index contributed by atoms with van der Waals surface area (Å²) in [5, 5.41) is 5.00. The van der Waals surface area contributed by atoms with Gasteiger partial charge in [0.15, 0.2) is 5.76 Å². The maximum Gasteiger partial charge on any atom is 0.235 e. The topological polar surface area (TPSA) is 57.3 Å². The number of benzene rings is 2. The molecule has 4 aromatic rings. The van der Waals surface area contributed by atoms with Crippen LogP contribution >= 0.6 is 11.6 Å². The van der Waals surface area contributed by atoms with Crippen molar-refractivity contribution in [2.45, 2.75) is 32.8 Å². The van der Waals surface area contributed by atoms with Gasteiger partial charge < -0.3 is 9.15 Å². The van der Waals surface area contributed by atoms with Gasteiger partial charge in [0.25, 0.3) is 0 Å². The van der Waals surface area contributed by atoms with E-state index in [1.54, 1.807) is 29.1 Å². The highest BCUT2D eigenvalue weighted by molar-refractivity contribution is 6.31. The predicted molar refractivity (Wildman–Crippen MR) is 119 cm³/mol. The highest BCUT2D eigenvalue weighted by atomic mass is 35.5. The number of hydrogen-bond donors (Lipinski definition) is 0. The summed E-state index contributed by atoms with van der Waals surface area (Å²) in [6.07, 6.45) is 3.55. The maximum absolute atomic E-state index is 13.3. The Kier molecular flexibility index (Phi) is 5.16. The number of nitrogens with zero attached hydrogens (tertiary/aromatic N) is 2. The van der Waals surface area contributed by atoms with Crippen molar-refractivity contribution in [2.24, 2.45) is 7.05 Å². The van der Waals surface area contributed by atoms with Gasteiger partial charge in [-0.25, -0.2) is 0 Å². The lowest BCUT2D eigenvalue weighted by molar-refractivity contribution is 0.298. The Labute approximate surface area is 179 Å². The molecule has 5 nitrogen and oxygen atoms in total. The molecule has 0 radical (unpaired) electrons. The summed E-state index contributed by atoms with van der Waals surface area (Å²) in [7, 11) is 1.83. The van der Waals surface area contributed by atoms with Gasteiger partial charge in [0.1, 0.15) is 12.2 Å². The van der Waals surface area contributed by atoms with Gasteiger partial charge in [-0.2, -0.15) is 5.10 Å². The van der Waals surface area contributed by atoms with Gasteiger partial charge in [-0.3, -0.25) is 9.48 Å². The Balaban J connectivity index is 1.84. The van der Waals surface area contributed by atoms with E-state index in [1.807, 2.05) is 37.5 Å². The molecule has 4 rings (SSSR count). The van der Waals surface area contributed by atoms with Gasteiger partial charge in [-0.1, -0.05) is 56.6 Å². The number of aryl methyl sites for hydroxylation is 1. The number of rotatable bonds is 4. The molecule has 2 aromatic carbocycles. The first kappa shape index (κ1) is 20.2. The Bertz CT molecular complexity index is 1260. The number of aromatic nitrogens is 2. The summed E-state index contributed by atoms with van der Waals surface area (Å²) < 4.78 is 13.8. The molecule has 0 amide bonds. The summed E-state index contributed by atoms with van der Waals surface area (Å²) in [6, 6.07) is 13.0. The van der Waals surface area contributed by atoms with Gasteiger partial charge >= 0.3 is 0 Å². The molecule has 0 atom stereocenters. The van der Waals surface area contributed by atoms with Crippen molar-refractivity contribution in [1.29, 1.82) is 0 Å². The normalized spacial score (nSPS) is 11.8. The summed E-state index contributed by atoms with van der Waals surface area (Å²) >= 11 is 6.10. The van der Waals surface area contributed by atoms with Crippen LogP contribution < -0.4 is 10.2 Å². The van der Waals surface area contributed by atoms with Crippen LogP contribution in [0.3, 0.4) is 0 Å².